The molecule has 1 heterocycles. The van der Waals surface area contributed by atoms with Crippen molar-refractivity contribution in [3.05, 3.63) is 0 Å². The fraction of sp³-hybridized carbons (Fsp3) is 0.889. The normalized spacial score (nSPS) is 29.8. The van der Waals surface area contributed by atoms with Crippen molar-refractivity contribution in [3.8, 4) is 0 Å². The van der Waals surface area contributed by atoms with Gasteiger partial charge in [0.15, 0.2) is 0 Å². The maximum absolute atomic E-state index is 11.4. The van der Waals surface area contributed by atoms with Crippen molar-refractivity contribution < 1.29 is 4.79 Å². The van der Waals surface area contributed by atoms with E-state index in [1.807, 2.05) is 0 Å². The fourth-order valence-electron chi connectivity index (χ4n) is 1.77. The molecule has 0 aromatic heterocycles. The summed E-state index contributed by atoms with van der Waals surface area (Å²) in [5, 5.41) is 6.32. The summed E-state index contributed by atoms with van der Waals surface area (Å²) in [6.45, 7) is 2.01. The zero-order valence-corrected chi connectivity index (χ0v) is 7.31. The Morgan fingerprint density at radius 3 is 2.67 bits per heavy atom. The van der Waals surface area contributed by atoms with Crippen LogP contribution in [0.5, 0.6) is 0 Å². The molecule has 12 heavy (non-hydrogen) atoms. The maximum Gasteiger partial charge on any atom is 0.223 e. The average molecular weight is 168 g/mol. The van der Waals surface area contributed by atoms with E-state index in [-0.39, 0.29) is 5.91 Å². The van der Waals surface area contributed by atoms with Crippen molar-refractivity contribution in [3.63, 3.8) is 0 Å². The van der Waals surface area contributed by atoms with Crippen LogP contribution in [0.1, 0.15) is 25.7 Å². The third kappa shape index (κ3) is 1.61. The second-order valence-corrected chi connectivity index (χ2v) is 3.83. The van der Waals surface area contributed by atoms with E-state index in [0.717, 1.165) is 32.4 Å². The first-order valence-corrected chi connectivity index (χ1v) is 4.87. The van der Waals surface area contributed by atoms with Gasteiger partial charge in [0.05, 0.1) is 0 Å². The van der Waals surface area contributed by atoms with E-state index in [4.69, 9.17) is 0 Å². The van der Waals surface area contributed by atoms with E-state index >= 15 is 0 Å². The fourth-order valence-corrected chi connectivity index (χ4v) is 1.77. The van der Waals surface area contributed by atoms with Crippen LogP contribution in [0.2, 0.25) is 0 Å². The highest BCUT2D eigenvalue weighted by Gasteiger charge is 2.27. The van der Waals surface area contributed by atoms with Crippen LogP contribution < -0.4 is 10.6 Å². The van der Waals surface area contributed by atoms with Gasteiger partial charge in [-0.15, -0.1) is 0 Å². The van der Waals surface area contributed by atoms with E-state index in [0.29, 0.717) is 12.0 Å². The van der Waals surface area contributed by atoms with Crippen LogP contribution in [0.25, 0.3) is 0 Å². The molecule has 2 aliphatic rings. The number of nitrogens with one attached hydrogen (secondary N) is 2. The molecule has 1 saturated heterocycles. The van der Waals surface area contributed by atoms with Crippen LogP contribution in [-0.4, -0.2) is 25.0 Å². The largest absolute Gasteiger partial charge is 0.352 e. The van der Waals surface area contributed by atoms with Gasteiger partial charge in [-0.1, -0.05) is 6.42 Å². The van der Waals surface area contributed by atoms with Gasteiger partial charge in [-0.25, -0.2) is 0 Å². The predicted octanol–water partition coefficient (Wildman–Crippen LogP) is 0.265. The Labute approximate surface area is 72.9 Å². The van der Waals surface area contributed by atoms with Crippen LogP contribution in [0.15, 0.2) is 0 Å². The minimum Gasteiger partial charge on any atom is -0.352 e. The Morgan fingerprint density at radius 1 is 1.33 bits per heavy atom. The van der Waals surface area contributed by atoms with Crippen molar-refractivity contribution in [2.45, 2.75) is 31.7 Å². The molecule has 1 saturated carbocycles. The summed E-state index contributed by atoms with van der Waals surface area (Å²) in [5.41, 5.74) is 0. The van der Waals surface area contributed by atoms with Crippen molar-refractivity contribution in [2.75, 3.05) is 13.1 Å². The molecule has 2 rings (SSSR count). The first-order chi connectivity index (χ1) is 5.86. The Balaban J connectivity index is 1.73. The lowest BCUT2D eigenvalue weighted by Crippen LogP contribution is -2.41. The van der Waals surface area contributed by atoms with Crippen molar-refractivity contribution in [1.82, 2.24) is 10.6 Å². The van der Waals surface area contributed by atoms with Crippen molar-refractivity contribution >= 4 is 5.91 Å². The molecule has 1 aliphatic heterocycles. The zero-order chi connectivity index (χ0) is 8.39. The van der Waals surface area contributed by atoms with Gasteiger partial charge >= 0.3 is 0 Å². The topological polar surface area (TPSA) is 41.1 Å². The molecule has 0 radical (unpaired) electrons. The molecule has 3 nitrogen and oxygen atoms in total. The molecule has 1 aliphatic carbocycles. The zero-order valence-electron chi connectivity index (χ0n) is 7.31. The summed E-state index contributed by atoms with van der Waals surface area (Å²) in [5.74, 6) is 0.626. The summed E-state index contributed by atoms with van der Waals surface area (Å²) in [7, 11) is 0. The molecule has 2 fully saturated rings. The molecule has 1 amide bonds. The van der Waals surface area contributed by atoms with Gasteiger partial charge in [-0.2, -0.15) is 0 Å². The Bertz CT molecular complexity index is 171. The smallest absolute Gasteiger partial charge is 0.223 e. The molecule has 0 aromatic carbocycles. The molecule has 68 valence electrons. The molecule has 1 atom stereocenters. The first-order valence-electron chi connectivity index (χ1n) is 4.87. The second-order valence-electron chi connectivity index (χ2n) is 3.83. The third-order valence-electron chi connectivity index (χ3n) is 2.88. The van der Waals surface area contributed by atoms with Gasteiger partial charge in [0.2, 0.25) is 5.91 Å². The molecule has 3 heteroatoms. The monoisotopic (exact) mass is 168 g/mol. The van der Waals surface area contributed by atoms with Crippen molar-refractivity contribution in [1.29, 1.82) is 0 Å². The molecule has 1 unspecified atom stereocenters. The average Bonchev–Trinajstić information content (AvgIpc) is 2.34. The van der Waals surface area contributed by atoms with E-state index in [9.17, 15) is 4.79 Å². The lowest BCUT2D eigenvalue weighted by molar-refractivity contribution is -0.128. The summed E-state index contributed by atoms with van der Waals surface area (Å²) >= 11 is 0. The number of carbonyl (C=O) groups excluding carboxylic acids is 1. The molecule has 0 spiro atoms. The quantitative estimate of drug-likeness (QED) is 0.621. The van der Waals surface area contributed by atoms with Gasteiger partial charge < -0.3 is 10.6 Å². The third-order valence-corrected chi connectivity index (χ3v) is 2.88. The Kier molecular flexibility index (Phi) is 2.30. The Morgan fingerprint density at radius 2 is 2.17 bits per heavy atom. The summed E-state index contributed by atoms with van der Waals surface area (Å²) in [4.78, 5) is 11.4. The number of amides is 1. The van der Waals surface area contributed by atoms with E-state index in [1.54, 1.807) is 0 Å². The SMILES string of the molecule is O=C(NC1CCNC1)C1CCC1. The standard InChI is InChI=1S/C9H16N2O/c12-9(7-2-1-3-7)11-8-4-5-10-6-8/h7-8,10H,1-6H2,(H,11,12). The molecular weight excluding hydrogens is 152 g/mol. The van der Waals surface area contributed by atoms with Gasteiger partial charge in [0.1, 0.15) is 0 Å². The van der Waals surface area contributed by atoms with Gasteiger partial charge in [0.25, 0.3) is 0 Å². The van der Waals surface area contributed by atoms with Crippen LogP contribution in [0.3, 0.4) is 0 Å². The number of hydrogen-bond donors (Lipinski definition) is 2. The van der Waals surface area contributed by atoms with Crippen LogP contribution >= 0.6 is 0 Å². The second kappa shape index (κ2) is 3.44. The summed E-state index contributed by atoms with van der Waals surface area (Å²) < 4.78 is 0. The van der Waals surface area contributed by atoms with Gasteiger partial charge in [-0.05, 0) is 25.8 Å². The highest BCUT2D eigenvalue weighted by molar-refractivity contribution is 5.79. The highest BCUT2D eigenvalue weighted by Crippen LogP contribution is 2.26. The first kappa shape index (κ1) is 8.05. The van der Waals surface area contributed by atoms with Crippen molar-refractivity contribution in [2.24, 2.45) is 5.92 Å². The molecule has 0 bridgehead atoms. The van der Waals surface area contributed by atoms with E-state index in [2.05, 4.69) is 10.6 Å². The van der Waals surface area contributed by atoms with Crippen LogP contribution in [0, 0.1) is 5.92 Å². The number of carbonyl (C=O) groups is 1. The summed E-state index contributed by atoms with van der Waals surface area (Å²) in [6, 6.07) is 0.401. The van der Waals surface area contributed by atoms with E-state index < -0.39 is 0 Å². The highest BCUT2D eigenvalue weighted by atomic mass is 16.2. The lowest BCUT2D eigenvalue weighted by atomic mass is 9.84. The minimum absolute atomic E-state index is 0.287. The summed E-state index contributed by atoms with van der Waals surface area (Å²) in [6.07, 6.45) is 4.54. The van der Waals surface area contributed by atoms with Gasteiger partial charge in [0, 0.05) is 18.5 Å². The maximum atomic E-state index is 11.4. The minimum atomic E-state index is 0.287. The molecular formula is C9H16N2O. The predicted molar refractivity (Wildman–Crippen MR) is 46.8 cm³/mol. The van der Waals surface area contributed by atoms with Crippen LogP contribution in [-0.2, 0) is 4.79 Å². The number of rotatable bonds is 2. The molecule has 0 aromatic rings. The van der Waals surface area contributed by atoms with E-state index in [1.165, 1.54) is 6.42 Å². The number of hydrogen-bond acceptors (Lipinski definition) is 2. The Hall–Kier alpha value is -0.570. The lowest BCUT2D eigenvalue weighted by Gasteiger charge is -2.25. The molecule has 2 N–H and O–H groups in total. The van der Waals surface area contributed by atoms with Crippen LogP contribution in [0.4, 0.5) is 0 Å². The van der Waals surface area contributed by atoms with Gasteiger partial charge in [-0.3, -0.25) is 4.79 Å².